The lowest BCUT2D eigenvalue weighted by Gasteiger charge is -2.13. The number of aromatic nitrogens is 2. The Hall–Kier alpha value is -2.84. The minimum absolute atomic E-state index is 0.0152. The Bertz CT molecular complexity index is 692. The number of benzene rings is 1. The molecule has 0 unspecified atom stereocenters. The smallest absolute Gasteiger partial charge is 0.480 e. The molecular formula is C14H12F3N3O3. The SMILES string of the molecule is COc1cncc(C(=O)NCc2ccccc2OC(F)(F)F)n1. The number of amides is 1. The van der Waals surface area contributed by atoms with Crippen LogP contribution < -0.4 is 14.8 Å². The van der Waals surface area contributed by atoms with Crippen LogP contribution in [0, 0.1) is 0 Å². The first-order chi connectivity index (χ1) is 10.9. The van der Waals surface area contributed by atoms with Gasteiger partial charge in [0.15, 0.2) is 0 Å². The van der Waals surface area contributed by atoms with Crippen LogP contribution in [0.2, 0.25) is 0 Å². The molecule has 0 aliphatic carbocycles. The highest BCUT2D eigenvalue weighted by molar-refractivity contribution is 5.92. The molecule has 0 aliphatic heterocycles. The second kappa shape index (κ2) is 6.95. The molecule has 0 saturated heterocycles. The molecule has 1 amide bonds. The predicted octanol–water partition coefficient (Wildman–Crippen LogP) is 2.31. The molecule has 1 N–H and O–H groups in total. The third-order valence-corrected chi connectivity index (χ3v) is 2.69. The van der Waals surface area contributed by atoms with E-state index >= 15 is 0 Å². The number of alkyl halides is 3. The van der Waals surface area contributed by atoms with Crippen molar-refractivity contribution in [2.24, 2.45) is 0 Å². The van der Waals surface area contributed by atoms with E-state index in [0.717, 1.165) is 0 Å². The maximum atomic E-state index is 12.3. The first kappa shape index (κ1) is 16.5. The van der Waals surface area contributed by atoms with E-state index in [-0.39, 0.29) is 29.4 Å². The number of para-hydroxylation sites is 1. The zero-order valence-corrected chi connectivity index (χ0v) is 11.9. The van der Waals surface area contributed by atoms with Crippen molar-refractivity contribution in [1.29, 1.82) is 0 Å². The topological polar surface area (TPSA) is 73.3 Å². The van der Waals surface area contributed by atoms with Gasteiger partial charge in [-0.15, -0.1) is 13.2 Å². The minimum atomic E-state index is -4.81. The minimum Gasteiger partial charge on any atom is -0.480 e. The Labute approximate surface area is 129 Å². The molecule has 1 aromatic heterocycles. The molecule has 2 aromatic rings. The van der Waals surface area contributed by atoms with Crippen LogP contribution in [0.15, 0.2) is 36.7 Å². The Balaban J connectivity index is 2.07. The molecule has 0 aliphatic rings. The fourth-order valence-corrected chi connectivity index (χ4v) is 1.70. The fraction of sp³-hybridized carbons (Fsp3) is 0.214. The van der Waals surface area contributed by atoms with Gasteiger partial charge in [0.05, 0.1) is 19.5 Å². The van der Waals surface area contributed by atoms with E-state index < -0.39 is 12.3 Å². The van der Waals surface area contributed by atoms with Gasteiger partial charge in [-0.25, -0.2) is 4.98 Å². The van der Waals surface area contributed by atoms with Crippen molar-refractivity contribution in [2.45, 2.75) is 12.9 Å². The molecule has 0 saturated carbocycles. The van der Waals surface area contributed by atoms with Crippen molar-refractivity contribution < 1.29 is 27.4 Å². The second-order valence-electron chi connectivity index (χ2n) is 4.28. The highest BCUT2D eigenvalue weighted by atomic mass is 19.4. The van der Waals surface area contributed by atoms with Crippen LogP contribution in [0.5, 0.6) is 11.6 Å². The summed E-state index contributed by atoms with van der Waals surface area (Å²) >= 11 is 0. The largest absolute Gasteiger partial charge is 0.573 e. The van der Waals surface area contributed by atoms with Crippen molar-refractivity contribution in [3.8, 4) is 11.6 Å². The molecule has 0 fully saturated rings. The molecule has 23 heavy (non-hydrogen) atoms. The normalized spacial score (nSPS) is 11.0. The molecule has 0 spiro atoms. The van der Waals surface area contributed by atoms with Crippen LogP contribution in [-0.2, 0) is 6.54 Å². The van der Waals surface area contributed by atoms with Gasteiger partial charge in [-0.05, 0) is 6.07 Å². The molecular weight excluding hydrogens is 315 g/mol. The summed E-state index contributed by atoms with van der Waals surface area (Å²) in [5, 5.41) is 2.45. The van der Waals surface area contributed by atoms with Gasteiger partial charge in [0.1, 0.15) is 11.4 Å². The van der Waals surface area contributed by atoms with Gasteiger partial charge < -0.3 is 14.8 Å². The Morgan fingerprint density at radius 1 is 1.26 bits per heavy atom. The van der Waals surface area contributed by atoms with E-state index in [0.29, 0.717) is 0 Å². The molecule has 0 radical (unpaired) electrons. The van der Waals surface area contributed by atoms with Gasteiger partial charge in [0, 0.05) is 12.1 Å². The number of nitrogens with zero attached hydrogens (tertiary/aromatic N) is 2. The third kappa shape index (κ3) is 4.83. The lowest BCUT2D eigenvalue weighted by atomic mass is 10.2. The van der Waals surface area contributed by atoms with E-state index in [1.165, 1.54) is 43.8 Å². The lowest BCUT2D eigenvalue weighted by Crippen LogP contribution is -2.25. The summed E-state index contributed by atoms with van der Waals surface area (Å²) in [5.41, 5.74) is 0.160. The number of hydrogen-bond donors (Lipinski definition) is 1. The van der Waals surface area contributed by atoms with E-state index in [1.807, 2.05) is 0 Å². The molecule has 1 heterocycles. The summed E-state index contributed by atoms with van der Waals surface area (Å²) in [5.74, 6) is -0.825. The summed E-state index contributed by atoms with van der Waals surface area (Å²) in [6.07, 6.45) is -2.27. The number of rotatable bonds is 5. The number of carbonyl (C=O) groups is 1. The molecule has 6 nitrogen and oxygen atoms in total. The summed E-state index contributed by atoms with van der Waals surface area (Å²) in [4.78, 5) is 19.6. The van der Waals surface area contributed by atoms with Crippen LogP contribution in [0.3, 0.4) is 0 Å². The van der Waals surface area contributed by atoms with E-state index in [1.54, 1.807) is 0 Å². The summed E-state index contributed by atoms with van der Waals surface area (Å²) in [6.45, 7) is -0.163. The van der Waals surface area contributed by atoms with E-state index in [4.69, 9.17) is 4.74 Å². The second-order valence-corrected chi connectivity index (χ2v) is 4.28. The van der Waals surface area contributed by atoms with Crippen molar-refractivity contribution in [3.05, 3.63) is 47.9 Å². The molecule has 0 bridgehead atoms. The summed E-state index contributed by atoms with van der Waals surface area (Å²) < 4.78 is 45.7. The molecule has 1 aromatic carbocycles. The number of ether oxygens (including phenoxy) is 2. The maximum absolute atomic E-state index is 12.3. The number of carbonyl (C=O) groups excluding carboxylic acids is 1. The van der Waals surface area contributed by atoms with Crippen LogP contribution in [0.4, 0.5) is 13.2 Å². The standard InChI is InChI=1S/C14H12F3N3O3/c1-22-12-8-18-7-10(20-12)13(21)19-6-9-4-2-3-5-11(9)23-14(15,16)17/h2-5,7-8H,6H2,1H3,(H,19,21). The molecule has 122 valence electrons. The van der Waals surface area contributed by atoms with Crippen molar-refractivity contribution in [1.82, 2.24) is 15.3 Å². The Morgan fingerprint density at radius 2 is 2.00 bits per heavy atom. The van der Waals surface area contributed by atoms with Crippen LogP contribution in [0.25, 0.3) is 0 Å². The third-order valence-electron chi connectivity index (χ3n) is 2.69. The number of hydrogen-bond acceptors (Lipinski definition) is 5. The van der Waals surface area contributed by atoms with Gasteiger partial charge >= 0.3 is 6.36 Å². The highest BCUT2D eigenvalue weighted by Crippen LogP contribution is 2.26. The summed E-state index contributed by atoms with van der Waals surface area (Å²) in [6, 6.07) is 5.52. The van der Waals surface area contributed by atoms with Gasteiger partial charge in [-0.1, -0.05) is 18.2 Å². The van der Waals surface area contributed by atoms with Gasteiger partial charge in [-0.2, -0.15) is 0 Å². The first-order valence-corrected chi connectivity index (χ1v) is 6.37. The zero-order valence-electron chi connectivity index (χ0n) is 11.9. The predicted molar refractivity (Wildman–Crippen MR) is 72.9 cm³/mol. The Kier molecular flexibility index (Phi) is 4.99. The van der Waals surface area contributed by atoms with Gasteiger partial charge in [0.25, 0.3) is 5.91 Å². The number of nitrogens with one attached hydrogen (secondary N) is 1. The number of methoxy groups -OCH3 is 1. The quantitative estimate of drug-likeness (QED) is 0.912. The van der Waals surface area contributed by atoms with E-state index in [2.05, 4.69) is 20.0 Å². The monoisotopic (exact) mass is 327 g/mol. The van der Waals surface area contributed by atoms with Crippen LogP contribution in [0.1, 0.15) is 16.1 Å². The molecule has 0 atom stereocenters. The average Bonchev–Trinajstić information content (AvgIpc) is 2.52. The van der Waals surface area contributed by atoms with Gasteiger partial charge in [-0.3, -0.25) is 9.78 Å². The van der Waals surface area contributed by atoms with Crippen molar-refractivity contribution >= 4 is 5.91 Å². The highest BCUT2D eigenvalue weighted by Gasteiger charge is 2.32. The lowest BCUT2D eigenvalue weighted by molar-refractivity contribution is -0.274. The number of halogens is 3. The van der Waals surface area contributed by atoms with Crippen LogP contribution >= 0.6 is 0 Å². The summed E-state index contributed by atoms with van der Waals surface area (Å²) in [7, 11) is 1.37. The zero-order chi connectivity index (χ0) is 16.9. The van der Waals surface area contributed by atoms with Crippen LogP contribution in [-0.4, -0.2) is 29.3 Å². The van der Waals surface area contributed by atoms with Gasteiger partial charge in [0.2, 0.25) is 5.88 Å². The molecule has 9 heteroatoms. The first-order valence-electron chi connectivity index (χ1n) is 6.37. The molecule has 2 rings (SSSR count). The average molecular weight is 327 g/mol. The fourth-order valence-electron chi connectivity index (χ4n) is 1.70. The van der Waals surface area contributed by atoms with Crippen molar-refractivity contribution in [3.63, 3.8) is 0 Å². The maximum Gasteiger partial charge on any atom is 0.573 e. The Morgan fingerprint density at radius 3 is 2.70 bits per heavy atom. The van der Waals surface area contributed by atoms with E-state index in [9.17, 15) is 18.0 Å². The van der Waals surface area contributed by atoms with Crippen molar-refractivity contribution in [2.75, 3.05) is 7.11 Å².